The molecule has 2 heterocycles. The SMILES string of the molecule is C[C@@]1(C(=O)NCc2n[nH]c3c2CCCCC3)CCCO1. The van der Waals surface area contributed by atoms with E-state index < -0.39 is 5.60 Å². The number of H-pyrrole nitrogens is 1. The zero-order valence-electron chi connectivity index (χ0n) is 12.1. The Bertz CT molecular complexity index is 489. The van der Waals surface area contributed by atoms with Gasteiger partial charge in [0.05, 0.1) is 12.2 Å². The van der Waals surface area contributed by atoms with Crippen molar-refractivity contribution in [1.82, 2.24) is 15.5 Å². The lowest BCUT2D eigenvalue weighted by molar-refractivity contribution is -0.139. The van der Waals surface area contributed by atoms with Gasteiger partial charge in [0.15, 0.2) is 0 Å². The Morgan fingerprint density at radius 3 is 3.00 bits per heavy atom. The van der Waals surface area contributed by atoms with Crippen molar-refractivity contribution in [2.24, 2.45) is 0 Å². The van der Waals surface area contributed by atoms with E-state index in [2.05, 4.69) is 15.5 Å². The van der Waals surface area contributed by atoms with Gasteiger partial charge in [0.2, 0.25) is 0 Å². The van der Waals surface area contributed by atoms with Crippen LogP contribution in [0.5, 0.6) is 0 Å². The number of aromatic nitrogens is 2. The van der Waals surface area contributed by atoms with Gasteiger partial charge in [-0.3, -0.25) is 9.89 Å². The molecule has 0 radical (unpaired) electrons. The number of nitrogens with zero attached hydrogens (tertiary/aromatic N) is 1. The van der Waals surface area contributed by atoms with Crippen LogP contribution in [0.25, 0.3) is 0 Å². The predicted octanol–water partition coefficient (Wildman–Crippen LogP) is 1.86. The van der Waals surface area contributed by atoms with Crippen LogP contribution in [0, 0.1) is 0 Å². The van der Waals surface area contributed by atoms with E-state index in [0.29, 0.717) is 13.2 Å². The fraction of sp³-hybridized carbons (Fsp3) is 0.733. The summed E-state index contributed by atoms with van der Waals surface area (Å²) in [7, 11) is 0. The van der Waals surface area contributed by atoms with E-state index in [0.717, 1.165) is 31.4 Å². The van der Waals surface area contributed by atoms with Gasteiger partial charge in [-0.1, -0.05) is 6.42 Å². The summed E-state index contributed by atoms with van der Waals surface area (Å²) < 4.78 is 5.56. The molecule has 1 atom stereocenters. The number of hydrogen-bond acceptors (Lipinski definition) is 3. The smallest absolute Gasteiger partial charge is 0.252 e. The average molecular weight is 277 g/mol. The molecule has 2 N–H and O–H groups in total. The molecular formula is C15H23N3O2. The second-order valence-electron chi connectivity index (χ2n) is 6.05. The van der Waals surface area contributed by atoms with Crippen molar-refractivity contribution in [2.45, 2.75) is 64.0 Å². The maximum absolute atomic E-state index is 12.2. The van der Waals surface area contributed by atoms with Crippen LogP contribution >= 0.6 is 0 Å². The third kappa shape index (κ3) is 2.59. The Hall–Kier alpha value is -1.36. The van der Waals surface area contributed by atoms with Crippen LogP contribution < -0.4 is 5.32 Å². The number of amides is 1. The largest absolute Gasteiger partial charge is 0.365 e. The van der Waals surface area contributed by atoms with Crippen molar-refractivity contribution < 1.29 is 9.53 Å². The second-order valence-corrected chi connectivity index (χ2v) is 6.05. The highest BCUT2D eigenvalue weighted by atomic mass is 16.5. The fourth-order valence-corrected chi connectivity index (χ4v) is 3.18. The molecule has 20 heavy (non-hydrogen) atoms. The maximum atomic E-state index is 12.2. The molecule has 1 aromatic heterocycles. The molecule has 5 nitrogen and oxygen atoms in total. The quantitative estimate of drug-likeness (QED) is 0.829. The van der Waals surface area contributed by atoms with E-state index in [1.54, 1.807) is 0 Å². The fourth-order valence-electron chi connectivity index (χ4n) is 3.18. The van der Waals surface area contributed by atoms with Gasteiger partial charge in [-0.15, -0.1) is 0 Å². The number of ether oxygens (including phenoxy) is 1. The van der Waals surface area contributed by atoms with Gasteiger partial charge in [0, 0.05) is 12.3 Å². The Labute approximate surface area is 119 Å². The predicted molar refractivity (Wildman–Crippen MR) is 75.3 cm³/mol. The third-order valence-corrected chi connectivity index (χ3v) is 4.51. The molecule has 3 rings (SSSR count). The highest BCUT2D eigenvalue weighted by molar-refractivity contribution is 5.84. The minimum Gasteiger partial charge on any atom is -0.365 e. The van der Waals surface area contributed by atoms with Gasteiger partial charge in [-0.05, 0) is 51.0 Å². The molecule has 2 aliphatic rings. The normalized spacial score (nSPS) is 26.1. The zero-order chi connectivity index (χ0) is 14.0. The first kappa shape index (κ1) is 13.6. The van der Waals surface area contributed by atoms with E-state index in [-0.39, 0.29) is 5.91 Å². The molecule has 110 valence electrons. The molecule has 1 amide bonds. The third-order valence-electron chi connectivity index (χ3n) is 4.51. The monoisotopic (exact) mass is 277 g/mol. The molecule has 1 fully saturated rings. The molecule has 0 unspecified atom stereocenters. The van der Waals surface area contributed by atoms with Crippen molar-refractivity contribution >= 4 is 5.91 Å². The van der Waals surface area contributed by atoms with Gasteiger partial charge < -0.3 is 10.1 Å². The lowest BCUT2D eigenvalue weighted by Crippen LogP contribution is -2.43. The average Bonchev–Trinajstić information content (AvgIpc) is 2.97. The first-order valence-corrected chi connectivity index (χ1v) is 7.66. The van der Waals surface area contributed by atoms with E-state index in [4.69, 9.17) is 4.74 Å². The summed E-state index contributed by atoms with van der Waals surface area (Å²) in [5.41, 5.74) is 2.93. The van der Waals surface area contributed by atoms with Gasteiger partial charge in [0.1, 0.15) is 5.60 Å². The van der Waals surface area contributed by atoms with Crippen molar-refractivity contribution in [3.05, 3.63) is 17.0 Å². The Morgan fingerprint density at radius 1 is 1.35 bits per heavy atom. The maximum Gasteiger partial charge on any atom is 0.252 e. The number of aromatic amines is 1. The number of nitrogens with one attached hydrogen (secondary N) is 2. The first-order chi connectivity index (χ1) is 9.69. The lowest BCUT2D eigenvalue weighted by Gasteiger charge is -2.21. The van der Waals surface area contributed by atoms with Crippen LogP contribution in [0.15, 0.2) is 0 Å². The Kier molecular flexibility index (Phi) is 3.78. The standard InChI is InChI=1S/C15H23N3O2/c1-15(8-5-9-20-15)14(19)16-10-13-11-6-3-2-4-7-12(11)17-18-13/h2-10H2,1H3,(H,16,19)(H,17,18)/t15-/m0/s1. The number of hydrogen-bond donors (Lipinski definition) is 2. The van der Waals surface area contributed by atoms with E-state index in [1.165, 1.54) is 30.5 Å². The van der Waals surface area contributed by atoms with Gasteiger partial charge in [-0.25, -0.2) is 0 Å². The second kappa shape index (κ2) is 5.56. The number of carbonyl (C=O) groups excluding carboxylic acids is 1. The van der Waals surface area contributed by atoms with Crippen LogP contribution in [0.4, 0.5) is 0 Å². The number of rotatable bonds is 3. The first-order valence-electron chi connectivity index (χ1n) is 7.66. The van der Waals surface area contributed by atoms with Crippen molar-refractivity contribution in [3.63, 3.8) is 0 Å². The summed E-state index contributed by atoms with van der Waals surface area (Å²) >= 11 is 0. The molecule has 1 saturated heterocycles. The summed E-state index contributed by atoms with van der Waals surface area (Å²) in [5, 5.41) is 10.5. The van der Waals surface area contributed by atoms with Crippen LogP contribution in [0.1, 0.15) is 56.0 Å². The number of carbonyl (C=O) groups is 1. The Morgan fingerprint density at radius 2 is 2.20 bits per heavy atom. The highest BCUT2D eigenvalue weighted by Crippen LogP contribution is 2.26. The molecular weight excluding hydrogens is 254 g/mol. The highest BCUT2D eigenvalue weighted by Gasteiger charge is 2.37. The van der Waals surface area contributed by atoms with Crippen molar-refractivity contribution in [1.29, 1.82) is 0 Å². The van der Waals surface area contributed by atoms with Gasteiger partial charge in [0.25, 0.3) is 5.91 Å². The number of aryl methyl sites for hydroxylation is 1. The molecule has 1 aliphatic heterocycles. The van der Waals surface area contributed by atoms with E-state index in [1.807, 2.05) is 6.92 Å². The molecule has 0 aromatic carbocycles. The van der Waals surface area contributed by atoms with Crippen LogP contribution in [-0.2, 0) is 28.9 Å². The molecule has 1 aromatic rings. The molecule has 0 bridgehead atoms. The van der Waals surface area contributed by atoms with Crippen LogP contribution in [0.2, 0.25) is 0 Å². The Balaban J connectivity index is 1.64. The molecule has 1 aliphatic carbocycles. The minimum absolute atomic E-state index is 0.0135. The summed E-state index contributed by atoms with van der Waals surface area (Å²) in [5.74, 6) is -0.0135. The van der Waals surface area contributed by atoms with Crippen LogP contribution in [-0.4, -0.2) is 28.3 Å². The molecule has 0 saturated carbocycles. The summed E-state index contributed by atoms with van der Waals surface area (Å²) in [6.45, 7) is 3.06. The zero-order valence-corrected chi connectivity index (χ0v) is 12.1. The summed E-state index contributed by atoms with van der Waals surface area (Å²) in [6, 6.07) is 0. The van der Waals surface area contributed by atoms with Crippen molar-refractivity contribution in [2.75, 3.05) is 6.61 Å². The lowest BCUT2D eigenvalue weighted by atomic mass is 10.0. The van der Waals surface area contributed by atoms with Crippen LogP contribution in [0.3, 0.4) is 0 Å². The van der Waals surface area contributed by atoms with E-state index in [9.17, 15) is 4.79 Å². The summed E-state index contributed by atoms with van der Waals surface area (Å²) in [6.07, 6.45) is 7.64. The summed E-state index contributed by atoms with van der Waals surface area (Å²) in [4.78, 5) is 12.2. The minimum atomic E-state index is -0.646. The van der Waals surface area contributed by atoms with Gasteiger partial charge >= 0.3 is 0 Å². The number of fused-ring (bicyclic) bond motifs is 1. The molecule has 0 spiro atoms. The van der Waals surface area contributed by atoms with E-state index >= 15 is 0 Å². The van der Waals surface area contributed by atoms with Crippen molar-refractivity contribution in [3.8, 4) is 0 Å². The van der Waals surface area contributed by atoms with Gasteiger partial charge in [-0.2, -0.15) is 5.10 Å². The topological polar surface area (TPSA) is 67.0 Å². The molecule has 5 heteroatoms.